The minimum absolute atomic E-state index is 0.225. The summed E-state index contributed by atoms with van der Waals surface area (Å²) in [5.74, 6) is -0.473. The first-order valence-corrected chi connectivity index (χ1v) is 8.22. The maximum Gasteiger partial charge on any atom is 0.186 e. The van der Waals surface area contributed by atoms with Crippen LogP contribution in [-0.2, 0) is 0 Å². The molecule has 0 unspecified atom stereocenters. The molecule has 0 aromatic heterocycles. The van der Waals surface area contributed by atoms with E-state index in [9.17, 15) is 9.59 Å². The molecule has 0 saturated carbocycles. The van der Waals surface area contributed by atoms with Gasteiger partial charge in [0.15, 0.2) is 11.6 Å². The molecule has 0 amide bonds. The number of rotatable bonds is 9. The van der Waals surface area contributed by atoms with Crippen molar-refractivity contribution in [1.82, 2.24) is 0 Å². The number of ketones is 2. The summed E-state index contributed by atoms with van der Waals surface area (Å²) in [6.07, 6.45) is 13.4. The summed E-state index contributed by atoms with van der Waals surface area (Å²) >= 11 is 0. The normalized spacial score (nSPS) is 11.9. The third-order valence-electron chi connectivity index (χ3n) is 3.91. The highest BCUT2D eigenvalue weighted by atomic mass is 16.1. The highest BCUT2D eigenvalue weighted by molar-refractivity contribution is 6.13. The van der Waals surface area contributed by atoms with E-state index in [-0.39, 0.29) is 11.6 Å². The second-order valence-corrected chi connectivity index (χ2v) is 5.47. The first-order chi connectivity index (χ1) is 12.5. The molecule has 2 heteroatoms. The SMILES string of the molecule is C=CC=CC(C=CC)=C(C=C)c1ccc(C(=O)C=C)c(C)c1C(=O)C=C. The molecule has 0 atom stereocenters. The lowest BCUT2D eigenvalue weighted by molar-refractivity contribution is 0.104. The fourth-order valence-electron chi connectivity index (χ4n) is 2.70. The van der Waals surface area contributed by atoms with E-state index < -0.39 is 0 Å². The van der Waals surface area contributed by atoms with Gasteiger partial charge in [-0.05, 0) is 48.3 Å². The van der Waals surface area contributed by atoms with Gasteiger partial charge in [-0.15, -0.1) is 0 Å². The molecule has 0 radical (unpaired) electrons. The van der Waals surface area contributed by atoms with Crippen molar-refractivity contribution in [2.24, 2.45) is 0 Å². The van der Waals surface area contributed by atoms with E-state index in [0.29, 0.717) is 22.3 Å². The predicted octanol–water partition coefficient (Wildman–Crippen LogP) is 5.99. The Morgan fingerprint density at radius 2 is 1.50 bits per heavy atom. The lowest BCUT2D eigenvalue weighted by Crippen LogP contribution is -2.09. The van der Waals surface area contributed by atoms with Gasteiger partial charge in [0.1, 0.15) is 0 Å². The number of carbonyl (C=O) groups excluding carboxylic acids is 2. The zero-order valence-corrected chi connectivity index (χ0v) is 15.4. The number of benzene rings is 1. The lowest BCUT2D eigenvalue weighted by atomic mass is 9.87. The molecule has 0 aliphatic carbocycles. The monoisotopic (exact) mass is 344 g/mol. The molecule has 0 saturated heterocycles. The van der Waals surface area contributed by atoms with Gasteiger partial charge < -0.3 is 0 Å². The molecule has 1 aromatic rings. The van der Waals surface area contributed by atoms with Crippen molar-refractivity contribution in [2.45, 2.75) is 13.8 Å². The predicted molar refractivity (Wildman–Crippen MR) is 112 cm³/mol. The number of hydrogen-bond donors (Lipinski definition) is 0. The van der Waals surface area contributed by atoms with Crippen molar-refractivity contribution < 1.29 is 9.59 Å². The number of hydrogen-bond acceptors (Lipinski definition) is 2. The van der Waals surface area contributed by atoms with Crippen LogP contribution in [0.1, 0.15) is 38.8 Å². The van der Waals surface area contributed by atoms with Crippen molar-refractivity contribution >= 4 is 17.1 Å². The van der Waals surface area contributed by atoms with Crippen LogP contribution in [0.3, 0.4) is 0 Å². The summed E-state index contributed by atoms with van der Waals surface area (Å²) in [4.78, 5) is 24.7. The van der Waals surface area contributed by atoms with E-state index >= 15 is 0 Å². The second-order valence-electron chi connectivity index (χ2n) is 5.47. The molecule has 0 aliphatic rings. The quantitative estimate of drug-likeness (QED) is 0.313. The maximum absolute atomic E-state index is 12.6. The highest BCUT2D eigenvalue weighted by Gasteiger charge is 2.19. The van der Waals surface area contributed by atoms with Crippen LogP contribution in [0.15, 0.2) is 92.6 Å². The third-order valence-corrected chi connectivity index (χ3v) is 3.91. The van der Waals surface area contributed by atoms with Gasteiger partial charge in [-0.3, -0.25) is 9.59 Å². The molecule has 0 fully saturated rings. The Labute approximate surface area is 155 Å². The van der Waals surface area contributed by atoms with Gasteiger partial charge in [-0.2, -0.15) is 0 Å². The van der Waals surface area contributed by atoms with Gasteiger partial charge in [0, 0.05) is 11.1 Å². The summed E-state index contributed by atoms with van der Waals surface area (Å²) < 4.78 is 0. The van der Waals surface area contributed by atoms with Crippen LogP contribution in [0, 0.1) is 6.92 Å². The van der Waals surface area contributed by atoms with Crippen LogP contribution >= 0.6 is 0 Å². The maximum atomic E-state index is 12.6. The van der Waals surface area contributed by atoms with Crippen LogP contribution in [0.25, 0.3) is 5.57 Å². The highest BCUT2D eigenvalue weighted by Crippen LogP contribution is 2.30. The van der Waals surface area contributed by atoms with Gasteiger partial charge in [-0.1, -0.05) is 74.9 Å². The molecule has 1 rings (SSSR count). The summed E-state index contributed by atoms with van der Waals surface area (Å²) in [5.41, 5.74) is 3.85. The minimum Gasteiger partial charge on any atom is -0.289 e. The molecular weight excluding hydrogens is 320 g/mol. The van der Waals surface area contributed by atoms with Gasteiger partial charge in [0.25, 0.3) is 0 Å². The topological polar surface area (TPSA) is 34.1 Å². The number of carbonyl (C=O) groups is 2. The van der Waals surface area contributed by atoms with Crippen molar-refractivity contribution in [3.8, 4) is 0 Å². The molecule has 0 spiro atoms. The summed E-state index contributed by atoms with van der Waals surface area (Å²) in [7, 11) is 0. The van der Waals surface area contributed by atoms with E-state index in [1.807, 2.05) is 31.2 Å². The molecule has 0 bridgehead atoms. The van der Waals surface area contributed by atoms with Crippen molar-refractivity contribution in [2.75, 3.05) is 0 Å². The number of allylic oxidation sites excluding steroid dienone is 10. The van der Waals surface area contributed by atoms with Crippen molar-refractivity contribution in [1.29, 1.82) is 0 Å². The van der Waals surface area contributed by atoms with Crippen LogP contribution in [-0.4, -0.2) is 11.6 Å². The fraction of sp³-hybridized carbons (Fsp3) is 0.0833. The first kappa shape index (κ1) is 20.8. The van der Waals surface area contributed by atoms with Gasteiger partial charge in [-0.25, -0.2) is 0 Å². The second kappa shape index (κ2) is 9.90. The van der Waals surface area contributed by atoms with Crippen LogP contribution in [0.4, 0.5) is 0 Å². The van der Waals surface area contributed by atoms with Gasteiger partial charge >= 0.3 is 0 Å². The van der Waals surface area contributed by atoms with Crippen molar-refractivity contribution in [3.63, 3.8) is 0 Å². The van der Waals surface area contributed by atoms with Crippen LogP contribution in [0.5, 0.6) is 0 Å². The third kappa shape index (κ3) is 4.42. The standard InChI is InChI=1S/C24H24O2/c1-7-12-14-18(13-8-2)19(9-3)21-16-15-20(22(25)10-4)17(6)24(21)23(26)11-5/h7-16H,1,3-5H2,2,6H3. The molecule has 26 heavy (non-hydrogen) atoms. The molecule has 0 aliphatic heterocycles. The average Bonchev–Trinajstić information content (AvgIpc) is 2.65. The van der Waals surface area contributed by atoms with E-state index in [0.717, 1.165) is 11.1 Å². The molecule has 2 nitrogen and oxygen atoms in total. The van der Waals surface area contributed by atoms with E-state index in [1.54, 1.807) is 31.2 Å². The zero-order valence-electron chi connectivity index (χ0n) is 15.4. The zero-order chi connectivity index (χ0) is 19.7. The minimum atomic E-state index is -0.247. The Bertz CT molecular complexity index is 858. The molecule has 0 N–H and O–H groups in total. The Hall–Kier alpha value is -3.26. The van der Waals surface area contributed by atoms with Gasteiger partial charge in [0.2, 0.25) is 0 Å². The van der Waals surface area contributed by atoms with Gasteiger partial charge in [0.05, 0.1) is 0 Å². The van der Waals surface area contributed by atoms with Crippen LogP contribution < -0.4 is 0 Å². The van der Waals surface area contributed by atoms with Crippen molar-refractivity contribution in [3.05, 3.63) is 115 Å². The van der Waals surface area contributed by atoms with Crippen LogP contribution in [0.2, 0.25) is 0 Å². The Balaban J connectivity index is 3.94. The Morgan fingerprint density at radius 1 is 0.885 bits per heavy atom. The summed E-state index contributed by atoms with van der Waals surface area (Å²) in [5, 5.41) is 0. The first-order valence-electron chi connectivity index (χ1n) is 8.22. The largest absolute Gasteiger partial charge is 0.289 e. The molecule has 132 valence electrons. The Kier molecular flexibility index (Phi) is 7.91. The average molecular weight is 344 g/mol. The van der Waals surface area contributed by atoms with E-state index in [1.165, 1.54) is 12.2 Å². The smallest absolute Gasteiger partial charge is 0.186 e. The molecule has 1 aromatic carbocycles. The Morgan fingerprint density at radius 3 is 2.00 bits per heavy atom. The molecular formula is C24H24O2. The molecule has 0 heterocycles. The summed E-state index contributed by atoms with van der Waals surface area (Å²) in [6.45, 7) is 18.4. The van der Waals surface area contributed by atoms with E-state index in [4.69, 9.17) is 0 Å². The summed E-state index contributed by atoms with van der Waals surface area (Å²) in [6, 6.07) is 3.48. The lowest BCUT2D eigenvalue weighted by Gasteiger charge is -2.16. The van der Waals surface area contributed by atoms with E-state index in [2.05, 4.69) is 26.3 Å². The fourth-order valence-corrected chi connectivity index (χ4v) is 2.70.